The molecule has 0 spiro atoms. The molecule has 3 aromatic rings. The van der Waals surface area contributed by atoms with E-state index in [9.17, 15) is 14.0 Å². The number of methoxy groups -OCH3 is 1. The Morgan fingerprint density at radius 3 is 2.38 bits per heavy atom. The van der Waals surface area contributed by atoms with E-state index >= 15 is 0 Å². The number of hydrogen-bond donors (Lipinski definition) is 1. The maximum Gasteiger partial charge on any atom is 0.337 e. The summed E-state index contributed by atoms with van der Waals surface area (Å²) >= 11 is 0. The minimum atomic E-state index is -0.459. The van der Waals surface area contributed by atoms with E-state index in [0.29, 0.717) is 23.4 Å². The summed E-state index contributed by atoms with van der Waals surface area (Å²) in [4.78, 5) is 23.7. The van der Waals surface area contributed by atoms with E-state index in [1.807, 2.05) is 0 Å². The van der Waals surface area contributed by atoms with Crippen molar-refractivity contribution in [3.05, 3.63) is 83.4 Å². The van der Waals surface area contributed by atoms with Gasteiger partial charge in [0, 0.05) is 11.8 Å². The van der Waals surface area contributed by atoms with E-state index in [1.165, 1.54) is 37.6 Å². The number of carbonyl (C=O) groups is 2. The number of nitrogens with zero attached hydrogens (tertiary/aromatic N) is 2. The van der Waals surface area contributed by atoms with Crippen molar-refractivity contribution in [3.63, 3.8) is 0 Å². The van der Waals surface area contributed by atoms with Crippen molar-refractivity contribution in [2.24, 2.45) is 0 Å². The van der Waals surface area contributed by atoms with Crippen molar-refractivity contribution >= 4 is 17.6 Å². The lowest BCUT2D eigenvalue weighted by atomic mass is 10.1. The highest BCUT2D eigenvalue weighted by atomic mass is 19.1. The van der Waals surface area contributed by atoms with Crippen LogP contribution in [0.2, 0.25) is 0 Å². The summed E-state index contributed by atoms with van der Waals surface area (Å²) in [5.41, 5.74) is 2.21. The van der Waals surface area contributed by atoms with Crippen LogP contribution in [0.1, 0.15) is 26.3 Å². The summed E-state index contributed by atoms with van der Waals surface area (Å²) in [6.07, 6.45) is 3.22. The number of halogens is 1. The molecule has 0 saturated heterocycles. The molecule has 0 atom stereocenters. The zero-order valence-corrected chi connectivity index (χ0v) is 14.0. The van der Waals surface area contributed by atoms with E-state index in [4.69, 9.17) is 0 Å². The summed E-state index contributed by atoms with van der Waals surface area (Å²) < 4.78 is 19.2. The van der Waals surface area contributed by atoms with Crippen LogP contribution in [0, 0.1) is 5.82 Å². The van der Waals surface area contributed by atoms with Gasteiger partial charge in [0.2, 0.25) is 0 Å². The van der Waals surface area contributed by atoms with Crippen molar-refractivity contribution in [2.75, 3.05) is 12.4 Å². The van der Waals surface area contributed by atoms with E-state index in [0.717, 1.165) is 5.56 Å². The molecule has 1 amide bonds. The lowest BCUT2D eigenvalue weighted by Crippen LogP contribution is -2.12. The van der Waals surface area contributed by atoms with Crippen LogP contribution in [0.4, 0.5) is 10.1 Å². The maximum atomic E-state index is 12.9. The minimum absolute atomic E-state index is 0.291. The molecule has 0 unspecified atom stereocenters. The van der Waals surface area contributed by atoms with Gasteiger partial charge in [-0.1, -0.05) is 12.1 Å². The quantitative estimate of drug-likeness (QED) is 0.716. The second-order valence-electron chi connectivity index (χ2n) is 5.58. The van der Waals surface area contributed by atoms with Gasteiger partial charge < -0.3 is 10.1 Å². The molecule has 26 heavy (non-hydrogen) atoms. The molecule has 6 nitrogen and oxygen atoms in total. The molecule has 132 valence electrons. The zero-order chi connectivity index (χ0) is 18.5. The van der Waals surface area contributed by atoms with Gasteiger partial charge >= 0.3 is 5.97 Å². The highest BCUT2D eigenvalue weighted by Crippen LogP contribution is 2.12. The van der Waals surface area contributed by atoms with Crippen molar-refractivity contribution < 1.29 is 18.7 Å². The largest absolute Gasteiger partial charge is 0.465 e. The normalized spacial score (nSPS) is 10.4. The second kappa shape index (κ2) is 7.60. The summed E-state index contributed by atoms with van der Waals surface area (Å²) in [5, 5.41) is 6.91. The number of aromatic nitrogens is 2. The number of amides is 1. The first kappa shape index (κ1) is 17.3. The van der Waals surface area contributed by atoms with Crippen LogP contribution in [0.25, 0.3) is 0 Å². The lowest BCUT2D eigenvalue weighted by molar-refractivity contribution is 0.0600. The molecule has 1 heterocycles. The number of anilines is 1. The van der Waals surface area contributed by atoms with Crippen molar-refractivity contribution in [1.29, 1.82) is 0 Å². The smallest absolute Gasteiger partial charge is 0.337 e. The fourth-order valence-corrected chi connectivity index (χ4v) is 2.37. The van der Waals surface area contributed by atoms with Crippen LogP contribution in [0.15, 0.2) is 60.9 Å². The van der Waals surface area contributed by atoms with Crippen molar-refractivity contribution in [1.82, 2.24) is 9.78 Å². The molecule has 0 bridgehead atoms. The zero-order valence-electron chi connectivity index (χ0n) is 14.0. The van der Waals surface area contributed by atoms with E-state index in [-0.39, 0.29) is 11.7 Å². The highest BCUT2D eigenvalue weighted by Gasteiger charge is 2.10. The number of ether oxygens (including phenoxy) is 1. The van der Waals surface area contributed by atoms with E-state index in [1.54, 1.807) is 35.1 Å². The van der Waals surface area contributed by atoms with Gasteiger partial charge in [0.05, 0.1) is 31.1 Å². The Bertz CT molecular complexity index is 918. The van der Waals surface area contributed by atoms with Crippen LogP contribution < -0.4 is 5.32 Å². The fraction of sp³-hybridized carbons (Fsp3) is 0.105. The van der Waals surface area contributed by atoms with Crippen LogP contribution in [0.5, 0.6) is 0 Å². The molecule has 1 aromatic heterocycles. The first-order valence-corrected chi connectivity index (χ1v) is 7.82. The van der Waals surface area contributed by atoms with Crippen LogP contribution >= 0.6 is 0 Å². The first-order chi connectivity index (χ1) is 12.5. The standard InChI is InChI=1S/C19H16FN3O3/c1-26-19(25)15-6-4-14(5-7-15)18(24)22-17-10-21-23(12-17)11-13-2-8-16(20)9-3-13/h2-10,12H,11H2,1H3,(H,22,24). The summed E-state index contributed by atoms with van der Waals surface area (Å²) in [6.45, 7) is 0.462. The Kier molecular flexibility index (Phi) is 5.07. The average molecular weight is 353 g/mol. The molecule has 0 aliphatic rings. The fourth-order valence-electron chi connectivity index (χ4n) is 2.37. The SMILES string of the molecule is COC(=O)c1ccc(C(=O)Nc2cnn(Cc3ccc(F)cc3)c2)cc1. The molecule has 0 saturated carbocycles. The van der Waals surface area contributed by atoms with E-state index < -0.39 is 5.97 Å². The number of rotatable bonds is 5. The number of esters is 1. The third-order valence-electron chi connectivity index (χ3n) is 3.72. The van der Waals surface area contributed by atoms with Crippen LogP contribution in [-0.4, -0.2) is 28.8 Å². The molecule has 0 aliphatic heterocycles. The van der Waals surface area contributed by atoms with Gasteiger partial charge in [0.15, 0.2) is 0 Å². The molecule has 2 aromatic carbocycles. The topological polar surface area (TPSA) is 73.2 Å². The molecule has 1 N–H and O–H groups in total. The Morgan fingerprint density at radius 1 is 1.08 bits per heavy atom. The Balaban J connectivity index is 1.63. The summed E-state index contributed by atoms with van der Waals surface area (Å²) in [7, 11) is 1.30. The Morgan fingerprint density at radius 2 is 1.73 bits per heavy atom. The Hall–Kier alpha value is -3.48. The molecular formula is C19H16FN3O3. The highest BCUT2D eigenvalue weighted by molar-refractivity contribution is 6.04. The van der Waals surface area contributed by atoms with Gasteiger partial charge in [0.1, 0.15) is 5.82 Å². The van der Waals surface area contributed by atoms with Gasteiger partial charge in [-0.15, -0.1) is 0 Å². The number of hydrogen-bond acceptors (Lipinski definition) is 4. The molecular weight excluding hydrogens is 337 g/mol. The third-order valence-corrected chi connectivity index (χ3v) is 3.72. The lowest BCUT2D eigenvalue weighted by Gasteiger charge is -2.04. The van der Waals surface area contributed by atoms with Gasteiger partial charge in [-0.05, 0) is 42.0 Å². The third kappa shape index (κ3) is 4.13. The van der Waals surface area contributed by atoms with Gasteiger partial charge in [-0.3, -0.25) is 9.48 Å². The van der Waals surface area contributed by atoms with Crippen LogP contribution in [0.3, 0.4) is 0 Å². The maximum absolute atomic E-state index is 12.9. The second-order valence-corrected chi connectivity index (χ2v) is 5.58. The summed E-state index contributed by atoms with van der Waals surface area (Å²) in [5.74, 6) is -1.07. The summed E-state index contributed by atoms with van der Waals surface area (Å²) in [6, 6.07) is 12.3. The number of nitrogens with one attached hydrogen (secondary N) is 1. The molecule has 0 fully saturated rings. The number of benzene rings is 2. The first-order valence-electron chi connectivity index (χ1n) is 7.82. The average Bonchev–Trinajstić information content (AvgIpc) is 3.10. The molecule has 0 aliphatic carbocycles. The number of carbonyl (C=O) groups excluding carboxylic acids is 2. The monoisotopic (exact) mass is 353 g/mol. The van der Waals surface area contributed by atoms with Gasteiger partial charge in [-0.25, -0.2) is 9.18 Å². The van der Waals surface area contributed by atoms with Gasteiger partial charge in [-0.2, -0.15) is 5.10 Å². The molecule has 0 radical (unpaired) electrons. The molecule has 3 rings (SSSR count). The Labute approximate surface area is 149 Å². The van der Waals surface area contributed by atoms with Gasteiger partial charge in [0.25, 0.3) is 5.91 Å². The minimum Gasteiger partial charge on any atom is -0.465 e. The van der Waals surface area contributed by atoms with Crippen molar-refractivity contribution in [2.45, 2.75) is 6.54 Å². The molecule has 7 heteroatoms. The predicted octanol–water partition coefficient (Wildman–Crippen LogP) is 3.11. The van der Waals surface area contributed by atoms with E-state index in [2.05, 4.69) is 15.2 Å². The van der Waals surface area contributed by atoms with Crippen molar-refractivity contribution in [3.8, 4) is 0 Å². The predicted molar refractivity (Wildman–Crippen MR) is 93.5 cm³/mol. The van der Waals surface area contributed by atoms with Crippen LogP contribution in [-0.2, 0) is 11.3 Å².